The first-order chi connectivity index (χ1) is 24.2. The van der Waals surface area contributed by atoms with Crippen LogP contribution in [-0.2, 0) is 7.05 Å². The number of likely N-dealkylation sites (N-methyl/N-ethyl adjacent to an activating group) is 1. The summed E-state index contributed by atoms with van der Waals surface area (Å²) in [5.74, 6) is 1.56. The van der Waals surface area contributed by atoms with Gasteiger partial charge in [-0.3, -0.25) is 14.5 Å². The molecule has 0 spiro atoms. The third kappa shape index (κ3) is 4.66. The van der Waals surface area contributed by atoms with Crippen molar-refractivity contribution >= 4 is 38.4 Å². The molecule has 4 fully saturated rings. The molecule has 2 bridgehead atoms. The largest absolute Gasteiger partial charge is 0.508 e. The normalized spacial score (nSPS) is 25.3. The number of fused-ring (bicyclic) bond motifs is 7. The van der Waals surface area contributed by atoms with Gasteiger partial charge >= 0.3 is 6.01 Å². The lowest BCUT2D eigenvalue weighted by atomic mass is 9.91. The second-order valence-corrected chi connectivity index (χ2v) is 14.5. The van der Waals surface area contributed by atoms with Crippen LogP contribution in [0.3, 0.4) is 0 Å². The van der Waals surface area contributed by atoms with Crippen LogP contribution in [0.15, 0.2) is 30.5 Å². The Morgan fingerprint density at radius 3 is 2.64 bits per heavy atom. The molecule has 258 valence electrons. The van der Waals surface area contributed by atoms with Gasteiger partial charge in [0.2, 0.25) is 0 Å². The molecule has 2 aromatic heterocycles. The third-order valence-electron chi connectivity index (χ3n) is 11.6. The van der Waals surface area contributed by atoms with Crippen molar-refractivity contribution in [3.8, 4) is 35.2 Å². The highest BCUT2D eigenvalue weighted by atomic mass is 19.1. The van der Waals surface area contributed by atoms with E-state index in [1.54, 1.807) is 11.7 Å². The van der Waals surface area contributed by atoms with Gasteiger partial charge in [0.15, 0.2) is 5.82 Å². The van der Waals surface area contributed by atoms with Crippen molar-refractivity contribution in [1.29, 1.82) is 0 Å². The Labute approximate surface area is 287 Å². The second kappa shape index (κ2) is 11.5. The van der Waals surface area contributed by atoms with Crippen molar-refractivity contribution in [3.05, 3.63) is 47.7 Å². The number of ether oxygens (including phenoxy) is 1. The molecule has 5 aromatic rings. The van der Waals surface area contributed by atoms with E-state index in [0.29, 0.717) is 40.5 Å². The van der Waals surface area contributed by atoms with E-state index in [1.807, 2.05) is 6.20 Å². The number of anilines is 1. The molecule has 9 rings (SSSR count). The fraction of sp³-hybridized carbons (Fsp3) is 0.447. The van der Waals surface area contributed by atoms with Gasteiger partial charge in [-0.2, -0.15) is 15.1 Å². The van der Waals surface area contributed by atoms with E-state index in [2.05, 4.69) is 27.5 Å². The number of rotatable bonds is 6. The number of phenolic OH excluding ortho intramolecular Hbond substituents is 1. The molecule has 50 heavy (non-hydrogen) atoms. The SMILES string of the molecule is C#Cc1c(F)ccc2cc(O)cc(-c3c(F)c4nc(OC[C@@]56CCCN5C[C@H](F)C6)nc(N5C6CCC5CN(CC)C6)c4c4cn(C)nc34)c12. The van der Waals surface area contributed by atoms with Crippen molar-refractivity contribution in [2.45, 2.75) is 62.8 Å². The van der Waals surface area contributed by atoms with Gasteiger partial charge in [-0.05, 0) is 67.9 Å². The van der Waals surface area contributed by atoms with Crippen LogP contribution in [0.25, 0.3) is 43.7 Å². The Bertz CT molecular complexity index is 2240. The number of nitrogens with zero attached hydrogens (tertiary/aromatic N) is 7. The van der Waals surface area contributed by atoms with Gasteiger partial charge in [0.25, 0.3) is 0 Å². The lowest BCUT2D eigenvalue weighted by Crippen LogP contribution is -2.54. The summed E-state index contributed by atoms with van der Waals surface area (Å²) in [5.41, 5.74) is 0.106. The van der Waals surface area contributed by atoms with E-state index in [0.717, 1.165) is 51.9 Å². The van der Waals surface area contributed by atoms with E-state index in [4.69, 9.17) is 26.2 Å². The van der Waals surface area contributed by atoms with Crippen LogP contribution in [0, 0.1) is 24.0 Å². The summed E-state index contributed by atoms with van der Waals surface area (Å²) >= 11 is 0. The molecule has 3 aromatic carbocycles. The van der Waals surface area contributed by atoms with Crippen LogP contribution < -0.4 is 9.64 Å². The summed E-state index contributed by atoms with van der Waals surface area (Å²) in [6.07, 6.45) is 10.8. The quantitative estimate of drug-likeness (QED) is 0.221. The Balaban J connectivity index is 1.30. The molecule has 4 aliphatic heterocycles. The van der Waals surface area contributed by atoms with E-state index in [1.165, 1.54) is 24.3 Å². The lowest BCUT2D eigenvalue weighted by Gasteiger charge is -2.42. The summed E-state index contributed by atoms with van der Waals surface area (Å²) in [7, 11) is 1.76. The number of phenols is 1. The minimum absolute atomic E-state index is 0.0255. The first-order valence-electron chi connectivity index (χ1n) is 17.5. The van der Waals surface area contributed by atoms with Crippen LogP contribution in [0.1, 0.15) is 44.6 Å². The minimum Gasteiger partial charge on any atom is -0.508 e. The monoisotopic (exact) mass is 681 g/mol. The van der Waals surface area contributed by atoms with Crippen molar-refractivity contribution < 1.29 is 23.0 Å². The molecule has 4 saturated heterocycles. The first kappa shape index (κ1) is 31.4. The third-order valence-corrected chi connectivity index (χ3v) is 11.6. The number of terminal acetylenes is 1. The number of hydrogen-bond donors (Lipinski definition) is 1. The maximum atomic E-state index is 17.6. The molecular formula is C38H38F3N7O2. The van der Waals surface area contributed by atoms with Gasteiger partial charge in [0, 0.05) is 67.7 Å². The number of alkyl halides is 1. The number of likely N-dealkylation sites (tertiary alicyclic amines) is 1. The van der Waals surface area contributed by atoms with Gasteiger partial charge in [0.1, 0.15) is 41.2 Å². The highest BCUT2D eigenvalue weighted by Gasteiger charge is 2.49. The van der Waals surface area contributed by atoms with Crippen molar-refractivity contribution in [2.75, 3.05) is 44.2 Å². The number of piperazine rings is 1. The van der Waals surface area contributed by atoms with Crippen LogP contribution in [-0.4, -0.2) is 97.8 Å². The minimum atomic E-state index is -0.925. The van der Waals surface area contributed by atoms with Crippen molar-refractivity contribution in [1.82, 2.24) is 29.5 Å². The van der Waals surface area contributed by atoms with Crippen LogP contribution >= 0.6 is 0 Å². The smallest absolute Gasteiger partial charge is 0.319 e. The Morgan fingerprint density at radius 1 is 1.08 bits per heavy atom. The highest BCUT2D eigenvalue weighted by Crippen LogP contribution is 2.47. The standard InChI is InChI=1S/C38H38F3N7O2/c1-4-26-29(40)10-7-21-13-25(49)14-27(30(21)26)31-33(41)35-32(28-19-45(3)44-34(28)31)36(48-23-8-9-24(48)18-46(5-2)17-23)43-37(42-35)50-20-38-11-6-12-47(38)16-22(39)15-38/h1,7,10,13-14,19,22-24,49H,5-6,8-9,11-12,15-18,20H2,2-3H3/t22-,23?,24?,38+/m1/s1. The molecule has 4 aliphatic rings. The predicted octanol–water partition coefficient (Wildman–Crippen LogP) is 5.93. The van der Waals surface area contributed by atoms with Gasteiger partial charge in [0.05, 0.1) is 16.5 Å². The molecule has 6 heterocycles. The zero-order valence-corrected chi connectivity index (χ0v) is 28.1. The van der Waals surface area contributed by atoms with E-state index in [-0.39, 0.29) is 58.0 Å². The molecule has 9 nitrogen and oxygen atoms in total. The van der Waals surface area contributed by atoms with Crippen molar-refractivity contribution in [3.63, 3.8) is 0 Å². The molecule has 4 atom stereocenters. The number of hydrogen-bond acceptors (Lipinski definition) is 8. The molecule has 0 radical (unpaired) electrons. The Kier molecular flexibility index (Phi) is 7.20. The molecule has 2 unspecified atom stereocenters. The fourth-order valence-electron chi connectivity index (χ4n) is 9.42. The van der Waals surface area contributed by atoms with E-state index >= 15 is 8.78 Å². The van der Waals surface area contributed by atoms with Crippen LogP contribution in [0.2, 0.25) is 0 Å². The maximum Gasteiger partial charge on any atom is 0.319 e. The summed E-state index contributed by atoms with van der Waals surface area (Å²) in [5, 5.41) is 17.4. The zero-order chi connectivity index (χ0) is 34.5. The maximum absolute atomic E-state index is 17.6. The van der Waals surface area contributed by atoms with Gasteiger partial charge < -0.3 is 14.7 Å². The average molecular weight is 682 g/mol. The number of aromatic nitrogens is 4. The van der Waals surface area contributed by atoms with E-state index < -0.39 is 23.3 Å². The van der Waals surface area contributed by atoms with Crippen LogP contribution in [0.5, 0.6) is 11.8 Å². The number of aromatic hydroxyl groups is 1. The summed E-state index contributed by atoms with van der Waals surface area (Å²) in [4.78, 5) is 16.7. The number of benzene rings is 3. The van der Waals surface area contributed by atoms with Crippen LogP contribution in [0.4, 0.5) is 19.0 Å². The second-order valence-electron chi connectivity index (χ2n) is 14.5. The van der Waals surface area contributed by atoms with Gasteiger partial charge in [-0.25, -0.2) is 13.2 Å². The molecule has 0 saturated carbocycles. The molecule has 0 amide bonds. The van der Waals surface area contributed by atoms with E-state index in [9.17, 15) is 9.50 Å². The topological polar surface area (TPSA) is 82.8 Å². The number of aryl methyl sites for hydroxylation is 1. The Morgan fingerprint density at radius 2 is 1.88 bits per heavy atom. The zero-order valence-electron chi connectivity index (χ0n) is 28.1. The van der Waals surface area contributed by atoms with Crippen molar-refractivity contribution in [2.24, 2.45) is 7.05 Å². The fourth-order valence-corrected chi connectivity index (χ4v) is 9.42. The highest BCUT2D eigenvalue weighted by molar-refractivity contribution is 6.18. The van der Waals surface area contributed by atoms with Gasteiger partial charge in [-0.15, -0.1) is 6.42 Å². The Hall–Kier alpha value is -4.60. The lowest BCUT2D eigenvalue weighted by molar-refractivity contribution is 0.107. The summed E-state index contributed by atoms with van der Waals surface area (Å²) < 4.78 is 55.5. The molecular weight excluding hydrogens is 643 g/mol. The van der Waals surface area contributed by atoms with Gasteiger partial charge in [-0.1, -0.05) is 18.9 Å². The first-order valence-corrected chi connectivity index (χ1v) is 17.5. The average Bonchev–Trinajstić information content (AvgIpc) is 3.82. The molecule has 12 heteroatoms. The predicted molar refractivity (Wildman–Crippen MR) is 186 cm³/mol. The number of halogens is 3. The molecule has 1 N–H and O–H groups in total. The summed E-state index contributed by atoms with van der Waals surface area (Å²) in [6, 6.07) is 5.97. The molecule has 0 aliphatic carbocycles. The summed E-state index contributed by atoms with van der Waals surface area (Å²) in [6.45, 7) is 6.21.